The maximum absolute atomic E-state index is 11.7. The van der Waals surface area contributed by atoms with Crippen molar-refractivity contribution in [3.05, 3.63) is 28.8 Å². The molecule has 0 bridgehead atoms. The van der Waals surface area contributed by atoms with Gasteiger partial charge < -0.3 is 5.32 Å². The van der Waals surface area contributed by atoms with Gasteiger partial charge in [-0.1, -0.05) is 11.6 Å². The van der Waals surface area contributed by atoms with Crippen molar-refractivity contribution in [2.45, 2.75) is 17.2 Å². The molecule has 1 aliphatic rings. The summed E-state index contributed by atoms with van der Waals surface area (Å²) in [7, 11) is -3.17. The fraction of sp³-hybridized carbons (Fsp3) is 0.455. The van der Waals surface area contributed by atoms with Crippen LogP contribution in [0.15, 0.2) is 23.1 Å². The first-order valence-corrected chi connectivity index (χ1v) is 7.45. The van der Waals surface area contributed by atoms with Crippen LogP contribution in [0.25, 0.3) is 0 Å². The average molecular weight is 260 g/mol. The van der Waals surface area contributed by atoms with Crippen LogP contribution in [0, 0.1) is 0 Å². The molecule has 5 heteroatoms. The molecule has 1 aromatic rings. The van der Waals surface area contributed by atoms with E-state index in [-0.39, 0.29) is 5.92 Å². The summed E-state index contributed by atoms with van der Waals surface area (Å²) in [4.78, 5) is 0.408. The van der Waals surface area contributed by atoms with Gasteiger partial charge in [0.25, 0.3) is 0 Å². The third-order valence-corrected chi connectivity index (χ3v) is 4.28. The predicted molar refractivity (Wildman–Crippen MR) is 64.8 cm³/mol. The molecule has 1 aliphatic heterocycles. The van der Waals surface area contributed by atoms with Crippen LogP contribution < -0.4 is 5.32 Å². The Morgan fingerprint density at radius 3 is 2.75 bits per heavy atom. The van der Waals surface area contributed by atoms with Crippen molar-refractivity contribution < 1.29 is 8.42 Å². The Kier molecular flexibility index (Phi) is 3.24. The summed E-state index contributed by atoms with van der Waals surface area (Å²) in [6.45, 7) is 1.75. The molecule has 1 unspecified atom stereocenters. The number of nitrogens with one attached hydrogen (secondary N) is 1. The largest absolute Gasteiger partial charge is 0.316 e. The van der Waals surface area contributed by atoms with Crippen molar-refractivity contribution in [1.29, 1.82) is 0 Å². The van der Waals surface area contributed by atoms with Gasteiger partial charge in [-0.15, -0.1) is 0 Å². The first-order chi connectivity index (χ1) is 7.48. The van der Waals surface area contributed by atoms with Crippen LogP contribution >= 0.6 is 11.6 Å². The molecule has 0 aliphatic carbocycles. The van der Waals surface area contributed by atoms with E-state index in [2.05, 4.69) is 5.32 Å². The summed E-state index contributed by atoms with van der Waals surface area (Å²) < 4.78 is 23.3. The van der Waals surface area contributed by atoms with Crippen molar-refractivity contribution in [1.82, 2.24) is 5.32 Å². The van der Waals surface area contributed by atoms with Gasteiger partial charge in [-0.2, -0.15) is 0 Å². The number of halogens is 1. The lowest BCUT2D eigenvalue weighted by Gasteiger charge is -2.13. The summed E-state index contributed by atoms with van der Waals surface area (Å²) in [6.07, 6.45) is 2.20. The maximum Gasteiger partial charge on any atom is 0.175 e. The van der Waals surface area contributed by atoms with Crippen molar-refractivity contribution >= 4 is 21.4 Å². The highest BCUT2D eigenvalue weighted by atomic mass is 35.5. The molecule has 0 spiro atoms. The second-order valence-corrected chi connectivity index (χ2v) is 6.56. The van der Waals surface area contributed by atoms with E-state index in [9.17, 15) is 8.42 Å². The predicted octanol–water partition coefficient (Wildman–Crippen LogP) is 1.82. The minimum absolute atomic E-state index is 0.253. The third-order valence-electron chi connectivity index (χ3n) is 2.87. The molecule has 1 atom stereocenters. The first-order valence-electron chi connectivity index (χ1n) is 5.19. The highest BCUT2D eigenvalue weighted by Crippen LogP contribution is 2.30. The second-order valence-electron chi connectivity index (χ2n) is 4.14. The van der Waals surface area contributed by atoms with Crippen LogP contribution in [0.2, 0.25) is 5.02 Å². The van der Waals surface area contributed by atoms with E-state index in [0.717, 1.165) is 25.1 Å². The minimum atomic E-state index is -3.17. The Morgan fingerprint density at radius 2 is 2.19 bits per heavy atom. The molecule has 1 aromatic carbocycles. The van der Waals surface area contributed by atoms with E-state index in [4.69, 9.17) is 11.6 Å². The normalized spacial score (nSPS) is 21.2. The van der Waals surface area contributed by atoms with Gasteiger partial charge >= 0.3 is 0 Å². The highest BCUT2D eigenvalue weighted by Gasteiger charge is 2.23. The molecule has 3 nitrogen and oxygen atoms in total. The molecular weight excluding hydrogens is 246 g/mol. The fourth-order valence-corrected chi connectivity index (χ4v) is 3.25. The summed E-state index contributed by atoms with van der Waals surface area (Å²) in [6, 6.07) is 5.00. The molecule has 88 valence electrons. The molecular formula is C11H14ClNO2S. The molecule has 1 fully saturated rings. The molecule has 0 amide bonds. The van der Waals surface area contributed by atoms with Gasteiger partial charge in [-0.3, -0.25) is 0 Å². The topological polar surface area (TPSA) is 46.2 Å². The molecule has 1 heterocycles. The number of sulfone groups is 1. The number of rotatable bonds is 2. The lowest BCUT2D eigenvalue weighted by atomic mass is 9.98. The standard InChI is InChI=1S/C11H14ClNO2S/c1-16(14,15)11-3-2-9(12)6-10(11)8-4-5-13-7-8/h2-3,6,8,13H,4-5,7H2,1H3. The van der Waals surface area contributed by atoms with Gasteiger partial charge in [0.1, 0.15) is 0 Å². The van der Waals surface area contributed by atoms with Gasteiger partial charge in [0.2, 0.25) is 0 Å². The smallest absolute Gasteiger partial charge is 0.175 e. The van der Waals surface area contributed by atoms with E-state index in [0.29, 0.717) is 9.92 Å². The minimum Gasteiger partial charge on any atom is -0.316 e. The van der Waals surface area contributed by atoms with Gasteiger partial charge in [0.05, 0.1) is 4.90 Å². The van der Waals surface area contributed by atoms with Crippen LogP contribution in [0.5, 0.6) is 0 Å². The molecule has 0 saturated carbocycles. The zero-order valence-electron chi connectivity index (χ0n) is 9.03. The monoisotopic (exact) mass is 259 g/mol. The number of hydrogen-bond donors (Lipinski definition) is 1. The quantitative estimate of drug-likeness (QED) is 0.881. The van der Waals surface area contributed by atoms with Crippen molar-refractivity contribution in [2.75, 3.05) is 19.3 Å². The first kappa shape index (κ1) is 11.9. The van der Waals surface area contributed by atoms with Gasteiger partial charge in [0, 0.05) is 17.8 Å². The van der Waals surface area contributed by atoms with E-state index >= 15 is 0 Å². The Hall–Kier alpha value is -0.580. The van der Waals surface area contributed by atoms with Crippen LogP contribution in [0.4, 0.5) is 0 Å². The van der Waals surface area contributed by atoms with Crippen LogP contribution in [-0.2, 0) is 9.84 Å². The molecule has 0 radical (unpaired) electrons. The summed E-state index contributed by atoms with van der Waals surface area (Å²) >= 11 is 5.93. The maximum atomic E-state index is 11.7. The Bertz CT molecular complexity index is 493. The van der Waals surface area contributed by atoms with Gasteiger partial charge in [0.15, 0.2) is 9.84 Å². The average Bonchev–Trinajstić information content (AvgIpc) is 2.68. The van der Waals surface area contributed by atoms with E-state index in [1.54, 1.807) is 18.2 Å². The Morgan fingerprint density at radius 1 is 1.44 bits per heavy atom. The van der Waals surface area contributed by atoms with Crippen LogP contribution in [0.1, 0.15) is 17.9 Å². The SMILES string of the molecule is CS(=O)(=O)c1ccc(Cl)cc1C1CCNC1. The van der Waals surface area contributed by atoms with Crippen LogP contribution in [-0.4, -0.2) is 27.8 Å². The summed E-state index contributed by atoms with van der Waals surface area (Å²) in [5, 5.41) is 3.82. The van der Waals surface area contributed by atoms with E-state index in [1.807, 2.05) is 0 Å². The van der Waals surface area contributed by atoms with Crippen molar-refractivity contribution in [3.63, 3.8) is 0 Å². The Balaban J connectivity index is 2.52. The van der Waals surface area contributed by atoms with Gasteiger partial charge in [-0.05, 0) is 42.6 Å². The Labute approximate surface area is 101 Å². The molecule has 1 saturated heterocycles. The third kappa shape index (κ3) is 2.39. The fourth-order valence-electron chi connectivity index (χ4n) is 2.10. The van der Waals surface area contributed by atoms with Gasteiger partial charge in [-0.25, -0.2) is 8.42 Å². The van der Waals surface area contributed by atoms with Crippen LogP contribution in [0.3, 0.4) is 0 Å². The van der Waals surface area contributed by atoms with E-state index < -0.39 is 9.84 Å². The van der Waals surface area contributed by atoms with Crippen molar-refractivity contribution in [2.24, 2.45) is 0 Å². The van der Waals surface area contributed by atoms with E-state index in [1.165, 1.54) is 6.26 Å². The number of benzene rings is 1. The molecule has 2 rings (SSSR count). The second kappa shape index (κ2) is 4.35. The zero-order valence-corrected chi connectivity index (χ0v) is 10.6. The highest BCUT2D eigenvalue weighted by molar-refractivity contribution is 7.90. The lowest BCUT2D eigenvalue weighted by molar-refractivity contribution is 0.598. The lowest BCUT2D eigenvalue weighted by Crippen LogP contribution is -2.11. The summed E-state index contributed by atoms with van der Waals surface area (Å²) in [5.41, 5.74) is 0.847. The molecule has 0 aromatic heterocycles. The number of hydrogen-bond acceptors (Lipinski definition) is 3. The zero-order chi connectivity index (χ0) is 11.8. The van der Waals surface area contributed by atoms with Crippen molar-refractivity contribution in [3.8, 4) is 0 Å². The molecule has 1 N–H and O–H groups in total. The molecule has 16 heavy (non-hydrogen) atoms. The summed E-state index contributed by atoms with van der Waals surface area (Å²) in [5.74, 6) is 0.253.